The Hall–Kier alpha value is -2.12. The number of amides is 1. The number of benzene rings is 1. The van der Waals surface area contributed by atoms with E-state index >= 15 is 0 Å². The number of hydrogen-bond donors (Lipinski definition) is 1. The molecule has 2 heterocycles. The van der Waals surface area contributed by atoms with Crippen LogP contribution < -0.4 is 11.0 Å². The predicted molar refractivity (Wildman–Crippen MR) is 118 cm³/mol. The lowest BCUT2D eigenvalue weighted by atomic mass is 9.79. The van der Waals surface area contributed by atoms with E-state index in [9.17, 15) is 9.59 Å². The van der Waals surface area contributed by atoms with Gasteiger partial charge < -0.3 is 10.1 Å². The Kier molecular flexibility index (Phi) is 6.58. The fourth-order valence-electron chi connectivity index (χ4n) is 5.18. The predicted octanol–water partition coefficient (Wildman–Crippen LogP) is 2.36. The van der Waals surface area contributed by atoms with E-state index in [-0.39, 0.29) is 23.7 Å². The molecule has 4 rings (SSSR count). The van der Waals surface area contributed by atoms with Crippen molar-refractivity contribution in [1.82, 2.24) is 19.4 Å². The zero-order valence-electron chi connectivity index (χ0n) is 18.1. The second-order valence-corrected chi connectivity index (χ2v) is 8.67. The molecule has 2 aliphatic rings. The molecule has 0 bridgehead atoms. The van der Waals surface area contributed by atoms with E-state index in [2.05, 4.69) is 17.1 Å². The summed E-state index contributed by atoms with van der Waals surface area (Å²) in [5.74, 6) is -0.0882. The van der Waals surface area contributed by atoms with E-state index < -0.39 is 0 Å². The maximum absolute atomic E-state index is 13.0. The highest BCUT2D eigenvalue weighted by molar-refractivity contribution is 5.81. The van der Waals surface area contributed by atoms with Crippen molar-refractivity contribution in [1.29, 1.82) is 0 Å². The molecule has 1 aliphatic carbocycles. The first kappa shape index (κ1) is 21.1. The van der Waals surface area contributed by atoms with Gasteiger partial charge in [0.15, 0.2) is 0 Å². The van der Waals surface area contributed by atoms with Crippen molar-refractivity contribution < 1.29 is 9.53 Å². The van der Waals surface area contributed by atoms with E-state index in [0.717, 1.165) is 56.6 Å². The lowest BCUT2D eigenvalue weighted by Crippen LogP contribution is -2.59. The third-order valence-electron chi connectivity index (χ3n) is 6.75. The van der Waals surface area contributed by atoms with E-state index in [0.29, 0.717) is 13.1 Å². The van der Waals surface area contributed by atoms with Crippen LogP contribution >= 0.6 is 0 Å². The Morgan fingerprint density at radius 3 is 2.40 bits per heavy atom. The summed E-state index contributed by atoms with van der Waals surface area (Å²) in [6.45, 7) is 6.82. The number of hydrogen-bond acceptors (Lipinski definition) is 4. The number of fused-ring (bicyclic) bond motifs is 1. The van der Waals surface area contributed by atoms with Crippen molar-refractivity contribution in [2.75, 3.05) is 32.8 Å². The smallest absolute Gasteiger partial charge is 0.329 e. The molecule has 1 aromatic heterocycles. The molecule has 1 amide bonds. The number of imidazole rings is 1. The summed E-state index contributed by atoms with van der Waals surface area (Å²) in [4.78, 5) is 28.4. The topological polar surface area (TPSA) is 68.5 Å². The molecule has 0 spiro atoms. The van der Waals surface area contributed by atoms with Crippen molar-refractivity contribution in [2.24, 2.45) is 0 Å². The SMILES string of the molecule is CCCn1c(=O)n(CC(=O)NCC2(N3CCOCC3)CCCCC2)c2ccccc21. The van der Waals surface area contributed by atoms with Gasteiger partial charge in [0.25, 0.3) is 0 Å². The van der Waals surface area contributed by atoms with Crippen molar-refractivity contribution >= 4 is 16.9 Å². The average molecular weight is 415 g/mol. The van der Waals surface area contributed by atoms with Crippen LogP contribution in [0, 0.1) is 0 Å². The minimum absolute atomic E-state index is 0.0266. The summed E-state index contributed by atoms with van der Waals surface area (Å²) in [5.41, 5.74) is 1.65. The van der Waals surface area contributed by atoms with Gasteiger partial charge in [-0.15, -0.1) is 0 Å². The molecule has 1 saturated heterocycles. The third kappa shape index (κ3) is 4.18. The van der Waals surface area contributed by atoms with Gasteiger partial charge in [-0.05, 0) is 31.4 Å². The molecule has 7 nitrogen and oxygen atoms in total. The summed E-state index contributed by atoms with van der Waals surface area (Å²) in [6, 6.07) is 7.73. The van der Waals surface area contributed by atoms with Gasteiger partial charge in [-0.2, -0.15) is 0 Å². The Labute approximate surface area is 178 Å². The second-order valence-electron chi connectivity index (χ2n) is 8.67. The number of nitrogens with zero attached hydrogens (tertiary/aromatic N) is 3. The van der Waals surface area contributed by atoms with Crippen LogP contribution in [0.1, 0.15) is 45.4 Å². The number of nitrogens with one attached hydrogen (secondary N) is 1. The molecule has 1 aromatic carbocycles. The van der Waals surface area contributed by atoms with Gasteiger partial charge in [0, 0.05) is 31.7 Å². The highest BCUT2D eigenvalue weighted by atomic mass is 16.5. The van der Waals surface area contributed by atoms with E-state index in [1.165, 1.54) is 19.3 Å². The highest BCUT2D eigenvalue weighted by Crippen LogP contribution is 2.33. The minimum Gasteiger partial charge on any atom is -0.379 e. The van der Waals surface area contributed by atoms with Crippen molar-refractivity contribution in [3.8, 4) is 0 Å². The standard InChI is InChI=1S/C23H34N4O3/c1-2-12-26-19-8-4-5-9-20(19)27(22(26)29)17-21(28)24-18-23(10-6-3-7-11-23)25-13-15-30-16-14-25/h4-5,8-9H,2-3,6-7,10-18H2,1H3,(H,24,28). The van der Waals surface area contributed by atoms with Crippen molar-refractivity contribution in [3.05, 3.63) is 34.7 Å². The quantitative estimate of drug-likeness (QED) is 0.755. The second kappa shape index (κ2) is 9.35. The highest BCUT2D eigenvalue weighted by Gasteiger charge is 2.38. The first-order valence-corrected chi connectivity index (χ1v) is 11.4. The molecule has 1 N–H and O–H groups in total. The van der Waals surface area contributed by atoms with Crippen LogP contribution in [0.5, 0.6) is 0 Å². The molecular weight excluding hydrogens is 380 g/mol. The Morgan fingerprint density at radius 2 is 1.73 bits per heavy atom. The minimum atomic E-state index is -0.103. The molecule has 7 heteroatoms. The van der Waals surface area contributed by atoms with Gasteiger partial charge >= 0.3 is 5.69 Å². The number of aryl methyl sites for hydroxylation is 1. The van der Waals surface area contributed by atoms with Crippen LogP contribution in [0.4, 0.5) is 0 Å². The van der Waals surface area contributed by atoms with Crippen LogP contribution in [-0.4, -0.2) is 58.3 Å². The maximum atomic E-state index is 13.0. The Balaban J connectivity index is 1.49. The van der Waals surface area contributed by atoms with E-state index in [4.69, 9.17) is 4.74 Å². The molecular formula is C23H34N4O3. The molecule has 0 radical (unpaired) electrons. The van der Waals surface area contributed by atoms with Crippen LogP contribution in [-0.2, 0) is 22.6 Å². The van der Waals surface area contributed by atoms with Gasteiger partial charge in [-0.25, -0.2) is 4.79 Å². The third-order valence-corrected chi connectivity index (χ3v) is 6.75. The molecule has 1 saturated carbocycles. The number of carbonyl (C=O) groups excluding carboxylic acids is 1. The van der Waals surface area contributed by atoms with Crippen LogP contribution in [0.2, 0.25) is 0 Å². The van der Waals surface area contributed by atoms with E-state index in [1.54, 1.807) is 9.13 Å². The summed E-state index contributed by atoms with van der Waals surface area (Å²) in [5, 5.41) is 3.18. The molecule has 2 aromatic rings. The fraction of sp³-hybridized carbons (Fsp3) is 0.652. The summed E-state index contributed by atoms with van der Waals surface area (Å²) in [7, 11) is 0. The van der Waals surface area contributed by atoms with Gasteiger partial charge in [-0.1, -0.05) is 38.3 Å². The first-order chi connectivity index (χ1) is 14.6. The number of carbonyl (C=O) groups is 1. The zero-order valence-corrected chi connectivity index (χ0v) is 18.1. The average Bonchev–Trinajstić information content (AvgIpc) is 3.05. The Morgan fingerprint density at radius 1 is 1.07 bits per heavy atom. The van der Waals surface area contributed by atoms with Gasteiger partial charge in [0.2, 0.25) is 5.91 Å². The number of para-hydroxylation sites is 2. The number of ether oxygens (including phenoxy) is 1. The summed E-state index contributed by atoms with van der Waals surface area (Å²) >= 11 is 0. The van der Waals surface area contributed by atoms with Gasteiger partial charge in [-0.3, -0.25) is 18.8 Å². The molecule has 1 aliphatic heterocycles. The zero-order chi connectivity index (χ0) is 21.0. The molecule has 164 valence electrons. The molecule has 30 heavy (non-hydrogen) atoms. The summed E-state index contributed by atoms with van der Waals surface area (Å²) < 4.78 is 8.94. The fourth-order valence-corrected chi connectivity index (χ4v) is 5.18. The normalized spacial score (nSPS) is 19.8. The van der Waals surface area contributed by atoms with E-state index in [1.807, 2.05) is 24.3 Å². The van der Waals surface area contributed by atoms with Crippen LogP contribution in [0.3, 0.4) is 0 Å². The number of aromatic nitrogens is 2. The number of rotatable bonds is 7. The molecule has 0 unspecified atom stereocenters. The lowest BCUT2D eigenvalue weighted by molar-refractivity contribution is -0.123. The van der Waals surface area contributed by atoms with Crippen LogP contribution in [0.25, 0.3) is 11.0 Å². The Bertz CT molecular complexity index is 920. The maximum Gasteiger partial charge on any atom is 0.329 e. The van der Waals surface area contributed by atoms with Gasteiger partial charge in [0.1, 0.15) is 6.54 Å². The van der Waals surface area contributed by atoms with Crippen molar-refractivity contribution in [3.63, 3.8) is 0 Å². The largest absolute Gasteiger partial charge is 0.379 e. The first-order valence-electron chi connectivity index (χ1n) is 11.4. The lowest BCUT2D eigenvalue weighted by Gasteiger charge is -2.48. The summed E-state index contributed by atoms with van der Waals surface area (Å²) in [6.07, 6.45) is 6.79. The van der Waals surface area contributed by atoms with Gasteiger partial charge in [0.05, 0.1) is 24.2 Å². The number of morpholine rings is 1. The monoisotopic (exact) mass is 414 g/mol. The molecule has 0 atom stereocenters. The van der Waals surface area contributed by atoms with Crippen molar-refractivity contribution in [2.45, 2.75) is 64.1 Å². The molecule has 2 fully saturated rings. The van der Waals surface area contributed by atoms with Crippen LogP contribution in [0.15, 0.2) is 29.1 Å².